The van der Waals surface area contributed by atoms with Gasteiger partial charge in [0, 0.05) is 31.5 Å². The van der Waals surface area contributed by atoms with Crippen LogP contribution in [-0.4, -0.2) is 64.9 Å². The van der Waals surface area contributed by atoms with Gasteiger partial charge in [0.25, 0.3) is 5.91 Å². The molecule has 3 aromatic rings. The highest BCUT2D eigenvalue weighted by molar-refractivity contribution is 7.89. The van der Waals surface area contributed by atoms with Crippen molar-refractivity contribution in [2.24, 2.45) is 11.1 Å². The summed E-state index contributed by atoms with van der Waals surface area (Å²) < 4.78 is 25.0. The molecule has 12 nitrogen and oxygen atoms in total. The summed E-state index contributed by atoms with van der Waals surface area (Å²) in [7, 11) is -3.90. The fourth-order valence-electron chi connectivity index (χ4n) is 4.91. The molecule has 0 unspecified atom stereocenters. The average Bonchev–Trinajstić information content (AvgIpc) is 3.31. The van der Waals surface area contributed by atoms with E-state index in [1.807, 2.05) is 44.2 Å². The van der Waals surface area contributed by atoms with Gasteiger partial charge in [0.2, 0.25) is 21.8 Å². The predicted molar refractivity (Wildman–Crippen MR) is 156 cm³/mol. The molecule has 0 aliphatic carbocycles. The lowest BCUT2D eigenvalue weighted by atomic mass is 10.0. The quantitative estimate of drug-likeness (QED) is 0.403. The molecule has 0 spiro atoms. The maximum atomic E-state index is 13.6. The third kappa shape index (κ3) is 7.79. The van der Waals surface area contributed by atoms with Gasteiger partial charge >= 0.3 is 0 Å². The molecular weight excluding hydrogens is 558 g/mol. The summed E-state index contributed by atoms with van der Waals surface area (Å²) >= 11 is 0. The second-order valence-electron chi connectivity index (χ2n) is 10.7. The average molecular weight is 596 g/mol. The van der Waals surface area contributed by atoms with Crippen molar-refractivity contribution in [3.63, 3.8) is 0 Å². The Hall–Kier alpha value is -4.10. The van der Waals surface area contributed by atoms with Crippen LogP contribution in [-0.2, 0) is 32.6 Å². The van der Waals surface area contributed by atoms with Crippen molar-refractivity contribution in [1.29, 1.82) is 0 Å². The number of amides is 3. The Labute approximate surface area is 245 Å². The maximum absolute atomic E-state index is 13.6. The van der Waals surface area contributed by atoms with Crippen LogP contribution in [0.5, 0.6) is 0 Å². The van der Waals surface area contributed by atoms with Crippen molar-refractivity contribution >= 4 is 27.7 Å². The minimum absolute atomic E-state index is 0.0487. The fourth-order valence-corrected chi connectivity index (χ4v) is 5.42. The van der Waals surface area contributed by atoms with Crippen LogP contribution in [0.15, 0.2) is 59.5 Å². The van der Waals surface area contributed by atoms with Gasteiger partial charge < -0.3 is 15.5 Å². The molecule has 13 heteroatoms. The van der Waals surface area contributed by atoms with E-state index in [0.29, 0.717) is 36.6 Å². The van der Waals surface area contributed by atoms with Crippen molar-refractivity contribution < 1.29 is 22.8 Å². The first-order valence-corrected chi connectivity index (χ1v) is 15.4. The highest BCUT2D eigenvalue weighted by atomic mass is 32.2. The summed E-state index contributed by atoms with van der Waals surface area (Å²) in [6.07, 6.45) is 0.770. The normalized spacial score (nSPS) is 19.0. The van der Waals surface area contributed by atoms with Crippen molar-refractivity contribution in [2.45, 2.75) is 63.6 Å². The third-order valence-electron chi connectivity index (χ3n) is 7.11. The Morgan fingerprint density at radius 1 is 1.02 bits per heavy atom. The number of fused-ring (bicyclic) bond motifs is 1. The Morgan fingerprint density at radius 3 is 2.36 bits per heavy atom. The largest absolute Gasteiger partial charge is 0.344 e. The van der Waals surface area contributed by atoms with Crippen LogP contribution in [0.1, 0.15) is 60.3 Å². The van der Waals surface area contributed by atoms with Crippen LogP contribution < -0.4 is 15.8 Å². The molecule has 1 aliphatic heterocycles. The predicted octanol–water partition coefficient (Wildman–Crippen LogP) is 1.71. The molecule has 0 fully saturated rings. The molecule has 4 rings (SSSR count). The summed E-state index contributed by atoms with van der Waals surface area (Å²) in [5.74, 6) is 0.107. The van der Waals surface area contributed by atoms with Gasteiger partial charge in [-0.3, -0.25) is 14.4 Å². The van der Waals surface area contributed by atoms with Gasteiger partial charge in [0.1, 0.15) is 17.7 Å². The second-order valence-corrected chi connectivity index (χ2v) is 12.3. The SMILES string of the molecule is Cc1nc2n(n1)CCN(C(=O)c1ccc(S(N)(=O)=O)cc1)CCCC(=O)N[C@@H](Cc1ccccc1)C(=O)N[C@@H]2C(C)C. The zero-order chi connectivity index (χ0) is 30.4. The lowest BCUT2D eigenvalue weighted by molar-refractivity contribution is -0.129. The van der Waals surface area contributed by atoms with Gasteiger partial charge in [0.05, 0.1) is 17.5 Å². The highest BCUT2D eigenvalue weighted by Gasteiger charge is 2.30. The fraction of sp³-hybridized carbons (Fsp3) is 0.414. The first kappa shape index (κ1) is 30.8. The zero-order valence-electron chi connectivity index (χ0n) is 24.0. The number of benzene rings is 2. The Kier molecular flexibility index (Phi) is 9.74. The Morgan fingerprint density at radius 2 is 1.71 bits per heavy atom. The molecule has 0 saturated heterocycles. The number of hydrogen-bond donors (Lipinski definition) is 3. The second kappa shape index (κ2) is 13.3. The first-order chi connectivity index (χ1) is 19.9. The zero-order valence-corrected chi connectivity index (χ0v) is 24.8. The molecule has 0 radical (unpaired) electrons. The van der Waals surface area contributed by atoms with Gasteiger partial charge in [-0.15, -0.1) is 0 Å². The van der Waals surface area contributed by atoms with E-state index in [9.17, 15) is 22.8 Å². The van der Waals surface area contributed by atoms with Crippen LogP contribution >= 0.6 is 0 Å². The minimum Gasteiger partial charge on any atom is -0.344 e. The number of hydrogen-bond acceptors (Lipinski definition) is 7. The summed E-state index contributed by atoms with van der Waals surface area (Å²) in [4.78, 5) is 46.2. The molecule has 4 N–H and O–H groups in total. The number of primary sulfonamides is 1. The van der Waals surface area contributed by atoms with E-state index >= 15 is 0 Å². The lowest BCUT2D eigenvalue weighted by Gasteiger charge is -2.28. The van der Waals surface area contributed by atoms with Crippen LogP contribution in [0.25, 0.3) is 0 Å². The monoisotopic (exact) mass is 595 g/mol. The van der Waals surface area contributed by atoms with E-state index in [-0.39, 0.29) is 48.0 Å². The van der Waals surface area contributed by atoms with E-state index < -0.39 is 22.1 Å². The molecule has 3 amide bonds. The number of sulfonamides is 1. The summed E-state index contributed by atoms with van der Waals surface area (Å²) in [5.41, 5.74) is 1.20. The van der Waals surface area contributed by atoms with Gasteiger partial charge in [0.15, 0.2) is 0 Å². The van der Waals surface area contributed by atoms with E-state index in [1.165, 1.54) is 24.3 Å². The lowest BCUT2D eigenvalue weighted by Crippen LogP contribution is -2.50. The van der Waals surface area contributed by atoms with Crippen molar-refractivity contribution in [1.82, 2.24) is 30.3 Å². The van der Waals surface area contributed by atoms with Crippen LogP contribution in [0.3, 0.4) is 0 Å². The van der Waals surface area contributed by atoms with E-state index in [4.69, 9.17) is 5.14 Å². The molecule has 0 bridgehead atoms. The van der Waals surface area contributed by atoms with Crippen molar-refractivity contribution in [3.8, 4) is 0 Å². The Bertz CT molecular complexity index is 1520. The van der Waals surface area contributed by atoms with Gasteiger partial charge in [-0.25, -0.2) is 23.2 Å². The minimum atomic E-state index is -3.90. The summed E-state index contributed by atoms with van der Waals surface area (Å²) in [6, 6.07) is 13.6. The van der Waals surface area contributed by atoms with E-state index in [1.54, 1.807) is 16.5 Å². The first-order valence-electron chi connectivity index (χ1n) is 13.9. The van der Waals surface area contributed by atoms with Gasteiger partial charge in [-0.2, -0.15) is 5.10 Å². The van der Waals surface area contributed by atoms with E-state index in [2.05, 4.69) is 20.7 Å². The third-order valence-corrected chi connectivity index (χ3v) is 8.04. The Balaban J connectivity index is 1.65. The molecule has 2 heterocycles. The van der Waals surface area contributed by atoms with Gasteiger partial charge in [-0.05, 0) is 49.1 Å². The molecule has 1 aromatic heterocycles. The number of carbonyl (C=O) groups excluding carboxylic acids is 3. The number of carbonyl (C=O) groups is 3. The number of rotatable bonds is 5. The molecule has 2 atom stereocenters. The smallest absolute Gasteiger partial charge is 0.253 e. The number of nitrogens with one attached hydrogen (secondary N) is 2. The molecule has 2 aromatic carbocycles. The molecule has 42 heavy (non-hydrogen) atoms. The molecule has 1 aliphatic rings. The van der Waals surface area contributed by atoms with Gasteiger partial charge in [-0.1, -0.05) is 44.2 Å². The summed E-state index contributed by atoms with van der Waals surface area (Å²) in [5, 5.41) is 15.7. The van der Waals surface area contributed by atoms with E-state index in [0.717, 1.165) is 5.56 Å². The van der Waals surface area contributed by atoms with Crippen LogP contribution in [0.4, 0.5) is 0 Å². The van der Waals surface area contributed by atoms with Crippen molar-refractivity contribution in [3.05, 3.63) is 77.4 Å². The highest BCUT2D eigenvalue weighted by Crippen LogP contribution is 2.22. The van der Waals surface area contributed by atoms with Crippen LogP contribution in [0.2, 0.25) is 0 Å². The number of nitrogens with two attached hydrogens (primary N) is 1. The maximum Gasteiger partial charge on any atom is 0.253 e. The molecule has 224 valence electrons. The number of aromatic nitrogens is 3. The molecule has 0 saturated carbocycles. The van der Waals surface area contributed by atoms with Crippen LogP contribution in [0, 0.1) is 12.8 Å². The molecular formula is C29H37N7O5S. The van der Waals surface area contributed by atoms with Crippen molar-refractivity contribution in [2.75, 3.05) is 13.1 Å². The number of aryl methyl sites for hydroxylation is 1. The topological polar surface area (TPSA) is 169 Å². The summed E-state index contributed by atoms with van der Waals surface area (Å²) in [6.45, 7) is 6.51. The number of nitrogens with zero attached hydrogens (tertiary/aromatic N) is 4. The standard InChI is InChI=1S/C29H37N7O5S/c1-19(2)26-27-31-20(3)34-36(27)17-16-35(29(39)22-11-13-23(14-12-22)42(30,40)41)15-7-10-25(37)32-24(28(38)33-26)18-21-8-5-4-6-9-21/h4-6,8-9,11-14,19,24,26H,7,10,15-18H2,1-3H3,(H,32,37)(H,33,38)(H2,30,40,41)/t24-,26+/m0/s1.